The van der Waals surface area contributed by atoms with Crippen molar-refractivity contribution in [3.05, 3.63) is 65.7 Å². The molecule has 0 aliphatic heterocycles. The number of carbonyl (C=O) groups excluding carboxylic acids is 1. The molecule has 0 bridgehead atoms. The molecule has 2 rings (SSSR count). The molecule has 5 heteroatoms. The van der Waals surface area contributed by atoms with E-state index in [4.69, 9.17) is 4.74 Å². The summed E-state index contributed by atoms with van der Waals surface area (Å²) >= 11 is 0. The maximum atomic E-state index is 13.6. The van der Waals surface area contributed by atoms with E-state index in [2.05, 4.69) is 4.98 Å². The van der Waals surface area contributed by atoms with Gasteiger partial charge in [0, 0.05) is 32.1 Å². The Morgan fingerprint density at radius 3 is 2.86 bits per heavy atom. The molecular weight excluding hydrogens is 283 g/mol. The summed E-state index contributed by atoms with van der Waals surface area (Å²) in [5.74, 6) is -0.446. The largest absolute Gasteiger partial charge is 0.494 e. The first-order chi connectivity index (χ1) is 10.6. The molecule has 0 aliphatic carbocycles. The highest BCUT2D eigenvalue weighted by atomic mass is 19.1. The highest BCUT2D eigenvalue weighted by Crippen LogP contribution is 2.18. The van der Waals surface area contributed by atoms with Crippen molar-refractivity contribution in [1.29, 1.82) is 0 Å². The van der Waals surface area contributed by atoms with E-state index in [9.17, 15) is 9.18 Å². The van der Waals surface area contributed by atoms with Crippen LogP contribution in [0.4, 0.5) is 4.39 Å². The van der Waals surface area contributed by atoms with E-state index in [-0.39, 0.29) is 11.7 Å². The Morgan fingerprint density at radius 2 is 2.23 bits per heavy atom. The quantitative estimate of drug-likeness (QED) is 0.797. The van der Waals surface area contributed by atoms with Gasteiger partial charge in [0.25, 0.3) is 0 Å². The van der Waals surface area contributed by atoms with Crippen LogP contribution in [0.15, 0.2) is 48.8 Å². The first-order valence-corrected chi connectivity index (χ1v) is 6.76. The number of hydrogen-bond acceptors (Lipinski definition) is 3. The number of nitrogens with zero attached hydrogens (tertiary/aromatic N) is 2. The van der Waals surface area contributed by atoms with Crippen molar-refractivity contribution >= 4 is 12.0 Å². The normalized spacial score (nSPS) is 10.7. The molecule has 0 unspecified atom stereocenters. The summed E-state index contributed by atoms with van der Waals surface area (Å²) in [6, 6.07) is 8.26. The molecule has 0 radical (unpaired) electrons. The molecule has 2 aromatic rings. The molecule has 1 heterocycles. The Hall–Kier alpha value is -2.69. The summed E-state index contributed by atoms with van der Waals surface area (Å²) in [7, 11) is 3.11. The molecule has 0 saturated heterocycles. The Kier molecular flexibility index (Phi) is 5.25. The molecule has 1 aromatic heterocycles. The van der Waals surface area contributed by atoms with E-state index in [1.54, 1.807) is 36.5 Å². The van der Waals surface area contributed by atoms with E-state index < -0.39 is 5.82 Å². The number of aromatic nitrogens is 1. The lowest BCUT2D eigenvalue weighted by Crippen LogP contribution is -2.24. The molecule has 0 fully saturated rings. The topological polar surface area (TPSA) is 42.4 Å². The molecule has 1 aromatic carbocycles. The summed E-state index contributed by atoms with van der Waals surface area (Å²) in [6.07, 6.45) is 6.39. The van der Waals surface area contributed by atoms with Gasteiger partial charge in [0.2, 0.25) is 5.91 Å². The van der Waals surface area contributed by atoms with Crippen molar-refractivity contribution in [3.8, 4) is 5.75 Å². The van der Waals surface area contributed by atoms with Gasteiger partial charge in [-0.1, -0.05) is 12.1 Å². The van der Waals surface area contributed by atoms with Gasteiger partial charge in [-0.2, -0.15) is 0 Å². The van der Waals surface area contributed by atoms with Gasteiger partial charge >= 0.3 is 0 Å². The van der Waals surface area contributed by atoms with E-state index >= 15 is 0 Å². The Balaban J connectivity index is 2.00. The number of carbonyl (C=O) groups is 1. The molecule has 4 nitrogen and oxygen atoms in total. The Morgan fingerprint density at radius 1 is 1.41 bits per heavy atom. The van der Waals surface area contributed by atoms with E-state index in [0.29, 0.717) is 12.1 Å². The fourth-order valence-electron chi connectivity index (χ4n) is 1.92. The summed E-state index contributed by atoms with van der Waals surface area (Å²) < 4.78 is 18.4. The fourth-order valence-corrected chi connectivity index (χ4v) is 1.92. The van der Waals surface area contributed by atoms with Crippen LogP contribution in [0.25, 0.3) is 6.08 Å². The lowest BCUT2D eigenvalue weighted by molar-refractivity contribution is -0.125. The molecule has 0 aliphatic rings. The van der Waals surface area contributed by atoms with Crippen LogP contribution < -0.4 is 4.74 Å². The number of likely N-dealkylation sites (N-methyl/N-ethyl adjacent to an activating group) is 1. The number of rotatable bonds is 5. The van der Waals surface area contributed by atoms with Crippen LogP contribution in [0, 0.1) is 5.82 Å². The summed E-state index contributed by atoms with van der Waals surface area (Å²) in [6.45, 7) is 0.466. The maximum Gasteiger partial charge on any atom is 0.246 e. The number of pyridine rings is 1. The van der Waals surface area contributed by atoms with Crippen LogP contribution in [0.2, 0.25) is 0 Å². The second-order valence-corrected chi connectivity index (χ2v) is 4.78. The minimum absolute atomic E-state index is 0.167. The molecule has 22 heavy (non-hydrogen) atoms. The molecule has 114 valence electrons. The van der Waals surface area contributed by atoms with Crippen LogP contribution >= 0.6 is 0 Å². The van der Waals surface area contributed by atoms with Crippen LogP contribution in [0.5, 0.6) is 5.75 Å². The first kappa shape index (κ1) is 15.7. The summed E-state index contributed by atoms with van der Waals surface area (Å²) in [4.78, 5) is 17.6. The van der Waals surface area contributed by atoms with Crippen LogP contribution in [0.1, 0.15) is 11.1 Å². The van der Waals surface area contributed by atoms with Crippen molar-refractivity contribution in [2.75, 3.05) is 14.2 Å². The molecule has 0 N–H and O–H groups in total. The predicted octanol–water partition coefficient (Wildman–Crippen LogP) is 2.90. The SMILES string of the molecule is COc1ccc(/C=C/C(=O)N(C)Cc2cccnc2)cc1F. The van der Waals surface area contributed by atoms with E-state index in [1.807, 2.05) is 12.1 Å². The van der Waals surface area contributed by atoms with Crippen molar-refractivity contribution in [3.63, 3.8) is 0 Å². The molecule has 1 amide bonds. The van der Waals surface area contributed by atoms with Crippen molar-refractivity contribution in [2.24, 2.45) is 0 Å². The number of methoxy groups -OCH3 is 1. The number of halogens is 1. The third kappa shape index (κ3) is 4.15. The molecule has 0 spiro atoms. The third-order valence-corrected chi connectivity index (χ3v) is 3.11. The first-order valence-electron chi connectivity index (χ1n) is 6.76. The zero-order valence-electron chi connectivity index (χ0n) is 12.5. The number of ether oxygens (including phenoxy) is 1. The second-order valence-electron chi connectivity index (χ2n) is 4.78. The van der Waals surface area contributed by atoms with E-state index in [1.165, 1.54) is 25.3 Å². The third-order valence-electron chi connectivity index (χ3n) is 3.11. The zero-order chi connectivity index (χ0) is 15.9. The van der Waals surface area contributed by atoms with Crippen molar-refractivity contribution in [2.45, 2.75) is 6.54 Å². The van der Waals surface area contributed by atoms with Crippen LogP contribution in [-0.2, 0) is 11.3 Å². The van der Waals surface area contributed by atoms with Crippen molar-refractivity contribution in [1.82, 2.24) is 9.88 Å². The molecule has 0 saturated carbocycles. The average Bonchev–Trinajstić information content (AvgIpc) is 2.53. The number of benzene rings is 1. The van der Waals surface area contributed by atoms with Crippen LogP contribution in [-0.4, -0.2) is 29.9 Å². The van der Waals surface area contributed by atoms with Gasteiger partial charge < -0.3 is 9.64 Å². The average molecular weight is 300 g/mol. The minimum atomic E-state index is -0.458. The Bertz CT molecular complexity index is 672. The standard InChI is InChI=1S/C17H17FN2O2/c1-20(12-14-4-3-9-19-11-14)17(21)8-6-13-5-7-16(22-2)15(18)10-13/h3-11H,12H2,1-2H3/b8-6+. The molecular formula is C17H17FN2O2. The number of hydrogen-bond donors (Lipinski definition) is 0. The Labute approximate surface area is 128 Å². The lowest BCUT2D eigenvalue weighted by Gasteiger charge is -2.14. The van der Waals surface area contributed by atoms with Gasteiger partial charge in [0.15, 0.2) is 11.6 Å². The second kappa shape index (κ2) is 7.36. The van der Waals surface area contributed by atoms with Gasteiger partial charge in [-0.25, -0.2) is 4.39 Å². The maximum absolute atomic E-state index is 13.6. The lowest BCUT2D eigenvalue weighted by atomic mass is 10.2. The smallest absolute Gasteiger partial charge is 0.246 e. The highest BCUT2D eigenvalue weighted by Gasteiger charge is 2.06. The highest BCUT2D eigenvalue weighted by molar-refractivity contribution is 5.91. The summed E-state index contributed by atoms with van der Waals surface area (Å²) in [5.41, 5.74) is 1.55. The van der Waals surface area contributed by atoms with E-state index in [0.717, 1.165) is 5.56 Å². The van der Waals surface area contributed by atoms with Crippen LogP contribution in [0.3, 0.4) is 0 Å². The zero-order valence-corrected chi connectivity index (χ0v) is 12.5. The molecule has 0 atom stereocenters. The minimum Gasteiger partial charge on any atom is -0.494 e. The van der Waals surface area contributed by atoms with Gasteiger partial charge in [-0.15, -0.1) is 0 Å². The van der Waals surface area contributed by atoms with Crippen molar-refractivity contribution < 1.29 is 13.9 Å². The van der Waals surface area contributed by atoms with Gasteiger partial charge in [-0.05, 0) is 35.4 Å². The fraction of sp³-hybridized carbons (Fsp3) is 0.176. The summed E-state index contributed by atoms with van der Waals surface area (Å²) in [5, 5.41) is 0. The van der Waals surface area contributed by atoms with Gasteiger partial charge in [0.1, 0.15) is 0 Å². The van der Waals surface area contributed by atoms with Gasteiger partial charge in [-0.3, -0.25) is 9.78 Å². The monoisotopic (exact) mass is 300 g/mol. The van der Waals surface area contributed by atoms with Gasteiger partial charge in [0.05, 0.1) is 7.11 Å². The predicted molar refractivity (Wildman–Crippen MR) is 82.7 cm³/mol. The number of amides is 1.